The maximum atomic E-state index is 13.1. The van der Waals surface area contributed by atoms with Gasteiger partial charge in [0.1, 0.15) is 11.5 Å². The van der Waals surface area contributed by atoms with Gasteiger partial charge in [-0.15, -0.1) is 11.3 Å². The van der Waals surface area contributed by atoms with E-state index in [1.807, 2.05) is 37.3 Å². The topological polar surface area (TPSA) is 47.8 Å². The van der Waals surface area contributed by atoms with Crippen molar-refractivity contribution in [2.45, 2.75) is 13.5 Å². The smallest absolute Gasteiger partial charge is 0.265 e. The highest BCUT2D eigenvalue weighted by Crippen LogP contribution is 2.29. The number of aryl methyl sites for hydroxylation is 1. The lowest BCUT2D eigenvalue weighted by Crippen LogP contribution is -2.24. The molecule has 25 heavy (non-hydrogen) atoms. The van der Waals surface area contributed by atoms with Crippen molar-refractivity contribution in [3.8, 4) is 11.3 Å². The second-order valence-electron chi connectivity index (χ2n) is 5.71. The van der Waals surface area contributed by atoms with E-state index in [0.29, 0.717) is 5.52 Å². The van der Waals surface area contributed by atoms with Crippen molar-refractivity contribution >= 4 is 21.6 Å². The molecule has 0 saturated heterocycles. The third-order valence-corrected chi connectivity index (χ3v) is 4.88. The maximum Gasteiger partial charge on any atom is 0.294 e. The van der Waals surface area contributed by atoms with Crippen LogP contribution < -0.4 is 5.56 Å². The van der Waals surface area contributed by atoms with Crippen molar-refractivity contribution in [3.05, 3.63) is 81.3 Å². The summed E-state index contributed by atoms with van der Waals surface area (Å²) in [6.45, 7) is 2.15. The fourth-order valence-corrected chi connectivity index (χ4v) is 3.64. The van der Waals surface area contributed by atoms with Crippen LogP contribution in [-0.2, 0) is 6.54 Å². The predicted molar refractivity (Wildman–Crippen MR) is 97.4 cm³/mol. The lowest BCUT2D eigenvalue weighted by Gasteiger charge is -2.09. The second-order valence-corrected chi connectivity index (χ2v) is 6.92. The van der Waals surface area contributed by atoms with E-state index in [9.17, 15) is 9.18 Å². The standard InChI is InChI=1S/C19H14FN3OS/c1-12-21-17-18(25-12)16(14-5-3-2-4-6-14)22-23(19(17)24)11-13-7-9-15(20)10-8-13/h2-10H,11H2,1H3. The Labute approximate surface area is 147 Å². The van der Waals surface area contributed by atoms with E-state index in [1.54, 1.807) is 12.1 Å². The molecule has 2 heterocycles. The first-order valence-electron chi connectivity index (χ1n) is 7.80. The van der Waals surface area contributed by atoms with Gasteiger partial charge in [-0.25, -0.2) is 14.1 Å². The van der Waals surface area contributed by atoms with E-state index in [1.165, 1.54) is 28.2 Å². The van der Waals surface area contributed by atoms with Crippen LogP contribution in [-0.4, -0.2) is 14.8 Å². The number of nitrogens with zero attached hydrogens (tertiary/aromatic N) is 3. The van der Waals surface area contributed by atoms with Gasteiger partial charge >= 0.3 is 0 Å². The SMILES string of the molecule is Cc1nc2c(=O)n(Cc3ccc(F)cc3)nc(-c3ccccc3)c2s1. The molecule has 0 bridgehead atoms. The molecule has 4 aromatic rings. The van der Waals surface area contributed by atoms with Crippen molar-refractivity contribution in [1.29, 1.82) is 0 Å². The molecule has 0 unspecified atom stereocenters. The molecule has 2 aromatic heterocycles. The summed E-state index contributed by atoms with van der Waals surface area (Å²) in [4.78, 5) is 17.2. The fraction of sp³-hybridized carbons (Fsp3) is 0.105. The van der Waals surface area contributed by atoms with Crippen LogP contribution in [0, 0.1) is 12.7 Å². The van der Waals surface area contributed by atoms with E-state index in [-0.39, 0.29) is 17.9 Å². The van der Waals surface area contributed by atoms with Gasteiger partial charge in [0.15, 0.2) is 5.52 Å². The predicted octanol–water partition coefficient (Wildman–Crippen LogP) is 4.02. The summed E-state index contributed by atoms with van der Waals surface area (Å²) in [7, 11) is 0. The summed E-state index contributed by atoms with van der Waals surface area (Å²) >= 11 is 1.47. The summed E-state index contributed by atoms with van der Waals surface area (Å²) in [6.07, 6.45) is 0. The molecule has 0 aliphatic heterocycles. The molecule has 0 N–H and O–H groups in total. The number of hydrogen-bond acceptors (Lipinski definition) is 4. The number of hydrogen-bond donors (Lipinski definition) is 0. The molecule has 6 heteroatoms. The summed E-state index contributed by atoms with van der Waals surface area (Å²) in [5.74, 6) is -0.306. The van der Waals surface area contributed by atoms with E-state index in [2.05, 4.69) is 10.1 Å². The second kappa shape index (κ2) is 6.22. The van der Waals surface area contributed by atoms with Crippen LogP contribution in [0.25, 0.3) is 21.5 Å². The van der Waals surface area contributed by atoms with Crippen molar-refractivity contribution in [3.63, 3.8) is 0 Å². The normalized spacial score (nSPS) is 11.1. The summed E-state index contributed by atoms with van der Waals surface area (Å²) < 4.78 is 15.3. The Morgan fingerprint density at radius 1 is 1.08 bits per heavy atom. The van der Waals surface area contributed by atoms with Crippen molar-refractivity contribution in [2.75, 3.05) is 0 Å². The van der Waals surface area contributed by atoms with Crippen molar-refractivity contribution in [1.82, 2.24) is 14.8 Å². The van der Waals surface area contributed by atoms with Crippen LogP contribution in [0.5, 0.6) is 0 Å². The van der Waals surface area contributed by atoms with Crippen molar-refractivity contribution in [2.24, 2.45) is 0 Å². The largest absolute Gasteiger partial charge is 0.294 e. The Morgan fingerprint density at radius 3 is 2.52 bits per heavy atom. The van der Waals surface area contributed by atoms with Crippen LogP contribution in [0.2, 0.25) is 0 Å². The maximum absolute atomic E-state index is 13.1. The summed E-state index contributed by atoms with van der Waals surface area (Å²) in [5, 5.41) is 5.41. The highest BCUT2D eigenvalue weighted by molar-refractivity contribution is 7.19. The lowest BCUT2D eigenvalue weighted by molar-refractivity contribution is 0.621. The third-order valence-electron chi connectivity index (χ3n) is 3.90. The quantitative estimate of drug-likeness (QED) is 0.560. The first-order valence-corrected chi connectivity index (χ1v) is 8.61. The average Bonchev–Trinajstić information content (AvgIpc) is 3.02. The number of benzene rings is 2. The first kappa shape index (κ1) is 15.7. The number of fused-ring (bicyclic) bond motifs is 1. The summed E-state index contributed by atoms with van der Waals surface area (Å²) in [5.41, 5.74) is 2.68. The number of aromatic nitrogens is 3. The molecule has 0 aliphatic carbocycles. The third kappa shape index (κ3) is 2.96. The number of halogens is 1. The molecule has 2 aromatic carbocycles. The monoisotopic (exact) mass is 351 g/mol. The Bertz CT molecular complexity index is 1100. The van der Waals surface area contributed by atoms with Gasteiger partial charge in [0.05, 0.1) is 16.3 Å². The molecule has 4 nitrogen and oxygen atoms in total. The van der Waals surface area contributed by atoms with E-state index in [0.717, 1.165) is 26.5 Å². The average molecular weight is 351 g/mol. The molecule has 0 radical (unpaired) electrons. The first-order chi connectivity index (χ1) is 12.1. The van der Waals surface area contributed by atoms with Gasteiger partial charge in [0.25, 0.3) is 5.56 Å². The zero-order valence-corrected chi connectivity index (χ0v) is 14.3. The molecule has 0 aliphatic rings. The zero-order valence-electron chi connectivity index (χ0n) is 13.4. The van der Waals surface area contributed by atoms with Gasteiger partial charge in [0, 0.05) is 5.56 Å². The van der Waals surface area contributed by atoms with Gasteiger partial charge in [0.2, 0.25) is 0 Å². The van der Waals surface area contributed by atoms with Gasteiger partial charge < -0.3 is 0 Å². The molecule has 0 fully saturated rings. The molecular weight excluding hydrogens is 337 g/mol. The highest BCUT2D eigenvalue weighted by Gasteiger charge is 2.16. The number of thiazole rings is 1. The molecule has 0 atom stereocenters. The Hall–Kier alpha value is -2.86. The van der Waals surface area contributed by atoms with Crippen LogP contribution in [0.4, 0.5) is 4.39 Å². The highest BCUT2D eigenvalue weighted by atomic mass is 32.1. The Kier molecular flexibility index (Phi) is 3.89. The Morgan fingerprint density at radius 2 is 1.80 bits per heavy atom. The van der Waals surface area contributed by atoms with Gasteiger partial charge in [-0.1, -0.05) is 42.5 Å². The molecule has 124 valence electrons. The van der Waals surface area contributed by atoms with Gasteiger partial charge in [-0.2, -0.15) is 5.10 Å². The molecule has 0 amide bonds. The minimum absolute atomic E-state index is 0.233. The van der Waals surface area contributed by atoms with Crippen LogP contribution in [0.15, 0.2) is 59.4 Å². The molecule has 0 saturated carbocycles. The van der Waals surface area contributed by atoms with Gasteiger partial charge in [-0.05, 0) is 24.6 Å². The summed E-state index contributed by atoms with van der Waals surface area (Å²) in [6, 6.07) is 15.8. The zero-order chi connectivity index (χ0) is 17.4. The van der Waals surface area contributed by atoms with Crippen LogP contribution in [0.1, 0.15) is 10.6 Å². The van der Waals surface area contributed by atoms with E-state index in [4.69, 9.17) is 0 Å². The minimum atomic E-state index is -0.306. The van der Waals surface area contributed by atoms with Gasteiger partial charge in [-0.3, -0.25) is 4.79 Å². The van der Waals surface area contributed by atoms with E-state index >= 15 is 0 Å². The minimum Gasteiger partial charge on any atom is -0.265 e. The van der Waals surface area contributed by atoms with Crippen LogP contribution >= 0.6 is 11.3 Å². The fourth-order valence-electron chi connectivity index (χ4n) is 2.72. The molecular formula is C19H14FN3OS. The van der Waals surface area contributed by atoms with Crippen molar-refractivity contribution < 1.29 is 4.39 Å². The number of rotatable bonds is 3. The molecule has 4 rings (SSSR count). The lowest BCUT2D eigenvalue weighted by atomic mass is 10.1. The van der Waals surface area contributed by atoms with Crippen LogP contribution in [0.3, 0.4) is 0 Å². The van der Waals surface area contributed by atoms with E-state index < -0.39 is 0 Å². The Balaban J connectivity index is 1.91. The molecule has 0 spiro atoms.